The van der Waals surface area contributed by atoms with E-state index in [9.17, 15) is 30.0 Å². The topological polar surface area (TPSA) is 189 Å². The molecule has 2 rings (SSSR count). The van der Waals surface area contributed by atoms with Gasteiger partial charge in [-0.2, -0.15) is 23.5 Å². The van der Waals surface area contributed by atoms with Crippen molar-refractivity contribution in [3.05, 3.63) is 0 Å². The molecule has 2 heterocycles. The van der Waals surface area contributed by atoms with Crippen LogP contribution in [-0.4, -0.2) is 145 Å². The average Bonchev–Trinajstić information content (AvgIpc) is 3.13. The van der Waals surface area contributed by atoms with E-state index < -0.39 is 24.1 Å². The summed E-state index contributed by atoms with van der Waals surface area (Å²) in [7, 11) is 0. The summed E-state index contributed by atoms with van der Waals surface area (Å²) >= 11 is 3.85. The number of nitrogens with one attached hydrogen (secondary N) is 2. The number of aliphatic hydroxyl groups excluding tert-OH is 4. The smallest absolute Gasteiger partial charge is 0.124 e. The second-order valence-electron chi connectivity index (χ2n) is 14.1. The highest BCUT2D eigenvalue weighted by molar-refractivity contribution is 7.99. The van der Waals surface area contributed by atoms with E-state index in [1.54, 1.807) is 0 Å². The van der Waals surface area contributed by atoms with Crippen molar-refractivity contribution in [2.45, 2.75) is 141 Å². The van der Waals surface area contributed by atoms with Crippen LogP contribution in [-0.2, 0) is 19.1 Å². The fourth-order valence-corrected chi connectivity index (χ4v) is 7.81. The fourth-order valence-electron chi connectivity index (χ4n) is 5.89. The minimum absolute atomic E-state index is 0.142. The van der Waals surface area contributed by atoms with Gasteiger partial charge in [-0.25, -0.2) is 0 Å². The van der Waals surface area contributed by atoms with Gasteiger partial charge < -0.3 is 59.5 Å². The van der Waals surface area contributed by atoms with Gasteiger partial charge in [-0.15, -0.1) is 0 Å². The molecule has 0 saturated carbocycles. The summed E-state index contributed by atoms with van der Waals surface area (Å²) in [6, 6.07) is 0. The molecule has 0 bridgehead atoms. The number of ether oxygens (including phenoxy) is 2. The van der Waals surface area contributed by atoms with E-state index >= 15 is 0 Å². The van der Waals surface area contributed by atoms with Crippen LogP contribution in [0.2, 0.25) is 0 Å². The zero-order valence-corrected chi connectivity index (χ0v) is 34.2. The minimum Gasteiger partial charge on any atom is -0.547 e. The van der Waals surface area contributed by atoms with Crippen molar-refractivity contribution in [2.24, 2.45) is 0 Å². The molecule has 0 aromatic heterocycles. The van der Waals surface area contributed by atoms with Gasteiger partial charge in [0.2, 0.25) is 0 Å². The Morgan fingerprint density at radius 2 is 0.827 bits per heavy atom. The summed E-state index contributed by atoms with van der Waals surface area (Å²) in [5.74, 6) is 0.116. The lowest BCUT2D eigenvalue weighted by molar-refractivity contribution is -0.910. The number of thioether (sulfide) groups is 2. The van der Waals surface area contributed by atoms with Gasteiger partial charge in [0, 0.05) is 11.5 Å². The quantitative estimate of drug-likeness (QED) is 0.0534. The third-order valence-corrected chi connectivity index (χ3v) is 11.5. The van der Waals surface area contributed by atoms with Crippen molar-refractivity contribution in [3.63, 3.8) is 0 Å². The zero-order chi connectivity index (χ0) is 38.7. The number of carbonyl (C=O) groups is 2. The van der Waals surface area contributed by atoms with Gasteiger partial charge in [-0.3, -0.25) is 0 Å². The largest absolute Gasteiger partial charge is 0.547 e. The molecule has 0 aromatic rings. The number of carboxylic acids is 2. The maximum Gasteiger partial charge on any atom is 0.124 e. The number of hydrogen-bond acceptors (Lipinski definition) is 12. The first-order chi connectivity index (χ1) is 25.1. The Labute approximate surface area is 323 Å². The average molecular weight is 785 g/mol. The van der Waals surface area contributed by atoms with Crippen molar-refractivity contribution < 1.29 is 59.5 Å². The first kappa shape index (κ1) is 51.3. The first-order valence-electron chi connectivity index (χ1n) is 20.2. The molecule has 0 radical (unpaired) electrons. The Morgan fingerprint density at radius 1 is 0.538 bits per heavy atom. The molecular formula is C38H76N2O10S2. The van der Waals surface area contributed by atoms with E-state index in [0.717, 1.165) is 77.2 Å². The Bertz CT molecular complexity index is 744. The molecule has 52 heavy (non-hydrogen) atoms. The molecule has 4 unspecified atom stereocenters. The van der Waals surface area contributed by atoms with Gasteiger partial charge in [0.15, 0.2) is 0 Å². The van der Waals surface area contributed by atoms with Crippen LogP contribution in [0.3, 0.4) is 0 Å². The van der Waals surface area contributed by atoms with Crippen molar-refractivity contribution >= 4 is 35.5 Å². The van der Waals surface area contributed by atoms with Crippen LogP contribution in [0.4, 0.5) is 0 Å². The van der Waals surface area contributed by atoms with Gasteiger partial charge in [0.05, 0.1) is 38.4 Å². The van der Waals surface area contributed by atoms with Crippen molar-refractivity contribution in [3.8, 4) is 0 Å². The number of aliphatic hydroxyl groups is 4. The second-order valence-corrected chi connectivity index (χ2v) is 16.4. The molecule has 2 aliphatic heterocycles. The van der Waals surface area contributed by atoms with Crippen molar-refractivity contribution in [1.29, 1.82) is 0 Å². The number of carboxylic acid groups (broad SMARTS) is 2. The van der Waals surface area contributed by atoms with Crippen molar-refractivity contribution in [1.82, 2.24) is 0 Å². The molecule has 0 aliphatic carbocycles. The van der Waals surface area contributed by atoms with Crippen molar-refractivity contribution in [2.75, 3.05) is 88.7 Å². The van der Waals surface area contributed by atoms with Crippen LogP contribution in [0.1, 0.15) is 117 Å². The van der Waals surface area contributed by atoms with Crippen LogP contribution < -0.4 is 20.0 Å². The predicted octanol–water partition coefficient (Wildman–Crippen LogP) is -0.519. The van der Waals surface area contributed by atoms with Gasteiger partial charge in [-0.1, -0.05) is 104 Å². The molecule has 2 fully saturated rings. The van der Waals surface area contributed by atoms with Crippen LogP contribution in [0.15, 0.2) is 0 Å². The van der Waals surface area contributed by atoms with Crippen LogP contribution >= 0.6 is 23.5 Å². The third kappa shape index (κ3) is 32.7. The van der Waals surface area contributed by atoms with Gasteiger partial charge in [0.1, 0.15) is 63.7 Å². The van der Waals surface area contributed by atoms with Gasteiger partial charge in [-0.05, 0) is 24.3 Å². The monoisotopic (exact) mass is 784 g/mol. The molecule has 0 amide bonds. The molecule has 14 heteroatoms. The van der Waals surface area contributed by atoms with E-state index in [1.807, 2.05) is 23.5 Å². The summed E-state index contributed by atoms with van der Waals surface area (Å²) in [6.07, 6.45) is 17.0. The highest BCUT2D eigenvalue weighted by Gasteiger charge is 2.19. The summed E-state index contributed by atoms with van der Waals surface area (Å²) < 4.78 is 10.7. The summed E-state index contributed by atoms with van der Waals surface area (Å²) in [4.78, 5) is 22.3. The molecule has 310 valence electrons. The summed E-state index contributed by atoms with van der Waals surface area (Å²) in [5.41, 5.74) is 0. The minimum atomic E-state index is -2.44. The lowest BCUT2D eigenvalue weighted by Crippen LogP contribution is -3.15. The molecule has 0 aromatic carbocycles. The highest BCUT2D eigenvalue weighted by Crippen LogP contribution is 2.13. The Balaban J connectivity index is 0.000000800. The Hall–Kier alpha value is -0.680. The predicted molar refractivity (Wildman–Crippen MR) is 207 cm³/mol. The SMILES string of the molecule is CCCCCCCCCCSCC(O)C[NH+]1CCOCC1.CCCCCCCCCCSCC(O)C[NH+]1CCOCC1.O=C([O-])C(O)C(O)C(=O)[O-]. The lowest BCUT2D eigenvalue weighted by atomic mass is 10.1. The first-order valence-corrected chi connectivity index (χ1v) is 22.5. The number of morpholine rings is 2. The molecule has 6 N–H and O–H groups in total. The number of unbranched alkanes of at least 4 members (excludes halogenated alkanes) is 14. The number of carbonyl (C=O) groups excluding carboxylic acids is 2. The molecule has 4 atom stereocenters. The Morgan fingerprint density at radius 3 is 1.12 bits per heavy atom. The lowest BCUT2D eigenvalue weighted by Gasteiger charge is -2.25. The number of hydrogen-bond donors (Lipinski definition) is 6. The molecule has 2 saturated heterocycles. The number of rotatable bonds is 29. The Kier molecular flexibility index (Phi) is 36.8. The van der Waals surface area contributed by atoms with Crippen LogP contribution in [0.25, 0.3) is 0 Å². The summed E-state index contributed by atoms with van der Waals surface area (Å²) in [6.45, 7) is 14.0. The standard InChI is InChI=1S/2C17H35NO2S.C4H6O6/c2*1-2-3-4-5-6-7-8-9-14-21-16-17(19)15-18-10-12-20-13-11-18;5-1(3(7)8)2(6)4(9)10/h2*17,19H,2-16H2,1H3;1-2,5-6H,(H,7,8)(H,9,10). The van der Waals surface area contributed by atoms with E-state index in [1.165, 1.54) is 124 Å². The van der Waals surface area contributed by atoms with Crippen LogP contribution in [0, 0.1) is 0 Å². The normalized spacial score (nSPS) is 17.6. The molecule has 0 spiro atoms. The van der Waals surface area contributed by atoms with E-state index in [2.05, 4.69) is 13.8 Å². The van der Waals surface area contributed by atoms with Gasteiger partial charge in [0.25, 0.3) is 0 Å². The zero-order valence-electron chi connectivity index (χ0n) is 32.6. The van der Waals surface area contributed by atoms with Gasteiger partial charge >= 0.3 is 0 Å². The summed E-state index contributed by atoms with van der Waals surface area (Å²) in [5, 5.41) is 55.8. The maximum atomic E-state index is 10.0. The fraction of sp³-hybridized carbons (Fsp3) is 0.947. The van der Waals surface area contributed by atoms with E-state index in [4.69, 9.17) is 19.7 Å². The molecular weight excluding hydrogens is 709 g/mol. The molecule has 12 nitrogen and oxygen atoms in total. The number of quaternary nitrogens is 2. The molecule has 2 aliphatic rings. The highest BCUT2D eigenvalue weighted by atomic mass is 32.2. The second kappa shape index (κ2) is 37.3. The van der Waals surface area contributed by atoms with Crippen LogP contribution in [0.5, 0.6) is 0 Å². The van der Waals surface area contributed by atoms with E-state index in [-0.39, 0.29) is 12.2 Å². The van der Waals surface area contributed by atoms with E-state index in [0.29, 0.717) is 0 Å². The number of aliphatic carboxylic acids is 2. The maximum absolute atomic E-state index is 10.0. The third-order valence-electron chi connectivity index (χ3n) is 9.14.